The predicted molar refractivity (Wildman–Crippen MR) is 184 cm³/mol. The number of anilines is 1. The minimum atomic E-state index is -1.02. The molecule has 45 heavy (non-hydrogen) atoms. The molecule has 5 rings (SSSR count). The lowest BCUT2D eigenvalue weighted by atomic mass is 9.80. The molecule has 1 saturated heterocycles. The van der Waals surface area contributed by atoms with Crippen LogP contribution in [0.1, 0.15) is 62.5 Å². The van der Waals surface area contributed by atoms with Crippen molar-refractivity contribution in [2.75, 3.05) is 57.9 Å². The zero-order valence-corrected chi connectivity index (χ0v) is 28.3. The highest BCUT2D eigenvalue weighted by Gasteiger charge is 2.42. The predicted octanol–water partition coefficient (Wildman–Crippen LogP) is 5.62. The summed E-state index contributed by atoms with van der Waals surface area (Å²) in [7, 11) is 1.63. The van der Waals surface area contributed by atoms with Crippen molar-refractivity contribution in [1.82, 2.24) is 19.8 Å². The van der Waals surface area contributed by atoms with Crippen molar-refractivity contribution in [3.05, 3.63) is 66.6 Å². The Bertz CT molecular complexity index is 1340. The van der Waals surface area contributed by atoms with E-state index in [0.717, 1.165) is 61.6 Å². The summed E-state index contributed by atoms with van der Waals surface area (Å²) in [5.41, 5.74) is 2.23. The van der Waals surface area contributed by atoms with E-state index in [1.807, 2.05) is 51.9 Å². The normalized spacial score (nSPS) is 21.4. The van der Waals surface area contributed by atoms with Crippen LogP contribution in [0, 0.1) is 0 Å². The standard InChI is InChI=1S/C34H47N5O4.2ClH/c1-4-37(5-2)27-14-11-15-29(22-27)43-21-17-28-23-35-19-20-38(28)33(40)31-32(26-12-7-6-8-13-26)39(25-36-31)30-16-9-10-18-34(30,41)24-42-3;;/h6-8,11-15,22,25,28,30,35,41H,4-5,9-10,16-21,23-24H2,1-3H3;2*1H/t28-,30-,34-;;/m1../s1. The number of piperazine rings is 1. The average Bonchev–Trinajstić information content (AvgIpc) is 3.47. The lowest BCUT2D eigenvalue weighted by molar-refractivity contribution is -0.0893. The molecule has 248 valence electrons. The van der Waals surface area contributed by atoms with E-state index in [4.69, 9.17) is 14.5 Å². The largest absolute Gasteiger partial charge is 0.493 e. The van der Waals surface area contributed by atoms with Gasteiger partial charge >= 0.3 is 0 Å². The second-order valence-corrected chi connectivity index (χ2v) is 11.7. The lowest BCUT2D eigenvalue weighted by Gasteiger charge is -2.41. The van der Waals surface area contributed by atoms with Gasteiger partial charge in [-0.3, -0.25) is 4.79 Å². The number of nitrogens with zero attached hydrogens (tertiary/aromatic N) is 4. The number of hydrogen-bond donors (Lipinski definition) is 2. The molecule has 9 nitrogen and oxygen atoms in total. The number of methoxy groups -OCH3 is 1. The summed E-state index contributed by atoms with van der Waals surface area (Å²) in [6, 6.07) is 17.9. The van der Waals surface area contributed by atoms with Gasteiger partial charge < -0.3 is 34.3 Å². The molecule has 3 aromatic rings. The third-order valence-electron chi connectivity index (χ3n) is 9.01. The van der Waals surface area contributed by atoms with Crippen LogP contribution >= 0.6 is 24.8 Å². The Morgan fingerprint density at radius 2 is 1.89 bits per heavy atom. The first-order valence-electron chi connectivity index (χ1n) is 15.8. The fraction of sp³-hybridized carbons (Fsp3) is 0.529. The summed E-state index contributed by atoms with van der Waals surface area (Å²) >= 11 is 0. The van der Waals surface area contributed by atoms with Crippen LogP contribution in [0.4, 0.5) is 5.69 Å². The molecule has 1 aliphatic carbocycles. The maximum absolute atomic E-state index is 14.3. The van der Waals surface area contributed by atoms with Gasteiger partial charge in [-0.15, -0.1) is 24.8 Å². The highest BCUT2D eigenvalue weighted by molar-refractivity contribution is 5.98. The highest BCUT2D eigenvalue weighted by atomic mass is 35.5. The van der Waals surface area contributed by atoms with E-state index in [0.29, 0.717) is 38.2 Å². The number of nitrogens with one attached hydrogen (secondary N) is 1. The first-order chi connectivity index (χ1) is 21.0. The molecule has 0 bridgehead atoms. The number of aliphatic hydroxyl groups is 1. The maximum Gasteiger partial charge on any atom is 0.275 e. The van der Waals surface area contributed by atoms with Gasteiger partial charge in [-0.1, -0.05) is 49.2 Å². The molecule has 1 amide bonds. The second-order valence-electron chi connectivity index (χ2n) is 11.7. The molecule has 1 saturated carbocycles. The van der Waals surface area contributed by atoms with Crippen LogP contribution in [-0.2, 0) is 4.74 Å². The molecule has 1 aromatic heterocycles. The fourth-order valence-electron chi connectivity index (χ4n) is 6.75. The van der Waals surface area contributed by atoms with Crippen molar-refractivity contribution in [3.8, 4) is 17.0 Å². The molecule has 0 radical (unpaired) electrons. The van der Waals surface area contributed by atoms with Gasteiger partial charge in [0.2, 0.25) is 0 Å². The molecule has 2 heterocycles. The van der Waals surface area contributed by atoms with Crippen LogP contribution < -0.4 is 15.0 Å². The van der Waals surface area contributed by atoms with Crippen LogP contribution in [-0.4, -0.2) is 90.2 Å². The molecule has 1 aliphatic heterocycles. The van der Waals surface area contributed by atoms with Crippen molar-refractivity contribution in [2.45, 2.75) is 63.6 Å². The van der Waals surface area contributed by atoms with Crippen molar-refractivity contribution in [2.24, 2.45) is 0 Å². The highest BCUT2D eigenvalue weighted by Crippen LogP contribution is 2.41. The van der Waals surface area contributed by atoms with Crippen LogP contribution in [0.3, 0.4) is 0 Å². The van der Waals surface area contributed by atoms with E-state index in [1.54, 1.807) is 13.4 Å². The first kappa shape index (κ1) is 36.6. The molecule has 0 spiro atoms. The van der Waals surface area contributed by atoms with E-state index in [9.17, 15) is 9.90 Å². The molecule has 2 fully saturated rings. The molecule has 2 N–H and O–H groups in total. The zero-order chi connectivity index (χ0) is 30.2. The quantitative estimate of drug-likeness (QED) is 0.260. The summed E-state index contributed by atoms with van der Waals surface area (Å²) in [5.74, 6) is 0.755. The van der Waals surface area contributed by atoms with E-state index < -0.39 is 5.60 Å². The SMILES string of the molecule is CCN(CC)c1cccc(OCC[C@@H]2CNCCN2C(=O)c2ncn([C@@H]3CCCC[C@@]3(O)COC)c2-c2ccccc2)c1.Cl.Cl. The number of carbonyl (C=O) groups is 1. The summed E-state index contributed by atoms with van der Waals surface area (Å²) < 4.78 is 13.7. The Labute approximate surface area is 280 Å². The van der Waals surface area contributed by atoms with Gasteiger partial charge in [0.25, 0.3) is 5.91 Å². The number of benzene rings is 2. The first-order valence-corrected chi connectivity index (χ1v) is 15.8. The summed E-state index contributed by atoms with van der Waals surface area (Å²) in [5, 5.41) is 15.1. The van der Waals surface area contributed by atoms with E-state index in [-0.39, 0.29) is 49.4 Å². The summed E-state index contributed by atoms with van der Waals surface area (Å²) in [6.07, 6.45) is 5.85. The number of imidazole rings is 1. The van der Waals surface area contributed by atoms with Gasteiger partial charge in [0.05, 0.1) is 31.3 Å². The number of halogens is 2. The van der Waals surface area contributed by atoms with Crippen LogP contribution in [0.25, 0.3) is 11.3 Å². The van der Waals surface area contributed by atoms with Crippen molar-refractivity contribution < 1.29 is 19.4 Å². The smallest absolute Gasteiger partial charge is 0.275 e. The van der Waals surface area contributed by atoms with E-state index >= 15 is 0 Å². The molecular formula is C34H49Cl2N5O4. The van der Waals surface area contributed by atoms with Crippen molar-refractivity contribution in [3.63, 3.8) is 0 Å². The Morgan fingerprint density at radius 1 is 1.11 bits per heavy atom. The van der Waals surface area contributed by atoms with Crippen LogP contribution in [0.5, 0.6) is 5.75 Å². The van der Waals surface area contributed by atoms with Gasteiger partial charge in [-0.2, -0.15) is 0 Å². The topological polar surface area (TPSA) is 92.1 Å². The molecule has 3 atom stereocenters. The third kappa shape index (κ3) is 8.32. The van der Waals surface area contributed by atoms with Crippen LogP contribution in [0.2, 0.25) is 0 Å². The van der Waals surface area contributed by atoms with E-state index in [2.05, 4.69) is 36.2 Å². The number of carbonyl (C=O) groups excluding carboxylic acids is 1. The Kier molecular flexibility index (Phi) is 14.0. The fourth-order valence-corrected chi connectivity index (χ4v) is 6.75. The number of amides is 1. The number of hydrogen-bond acceptors (Lipinski definition) is 7. The minimum absolute atomic E-state index is 0. The summed E-state index contributed by atoms with van der Waals surface area (Å²) in [4.78, 5) is 23.3. The van der Waals surface area contributed by atoms with Crippen molar-refractivity contribution >= 4 is 36.4 Å². The minimum Gasteiger partial charge on any atom is -0.493 e. The zero-order valence-electron chi connectivity index (χ0n) is 26.7. The second kappa shape index (κ2) is 17.2. The monoisotopic (exact) mass is 661 g/mol. The molecule has 0 unspecified atom stereocenters. The maximum atomic E-state index is 14.3. The third-order valence-corrected chi connectivity index (χ3v) is 9.01. The van der Waals surface area contributed by atoms with E-state index in [1.165, 1.54) is 0 Å². The van der Waals surface area contributed by atoms with Gasteiger partial charge in [-0.05, 0) is 38.8 Å². The van der Waals surface area contributed by atoms with Gasteiger partial charge in [0.1, 0.15) is 11.4 Å². The Balaban J connectivity index is 0.00000276. The molecule has 11 heteroatoms. The van der Waals surface area contributed by atoms with Crippen LogP contribution in [0.15, 0.2) is 60.9 Å². The van der Waals surface area contributed by atoms with Gasteiger partial charge in [0, 0.05) is 69.6 Å². The number of rotatable bonds is 12. The summed E-state index contributed by atoms with van der Waals surface area (Å²) in [6.45, 7) is 8.96. The Hall–Kier alpha value is -2.82. The van der Waals surface area contributed by atoms with Crippen molar-refractivity contribution in [1.29, 1.82) is 0 Å². The van der Waals surface area contributed by atoms with Gasteiger partial charge in [-0.25, -0.2) is 4.98 Å². The number of ether oxygens (including phenoxy) is 2. The average molecular weight is 663 g/mol. The lowest BCUT2D eigenvalue weighted by Crippen LogP contribution is -2.54. The number of aromatic nitrogens is 2. The Morgan fingerprint density at radius 3 is 2.62 bits per heavy atom. The molecular weight excluding hydrogens is 613 g/mol. The molecule has 2 aromatic carbocycles. The molecule has 2 aliphatic rings. The van der Waals surface area contributed by atoms with Gasteiger partial charge in [0.15, 0.2) is 5.69 Å².